The van der Waals surface area contributed by atoms with E-state index in [9.17, 15) is 4.79 Å². The molecule has 0 bridgehead atoms. The van der Waals surface area contributed by atoms with Crippen LogP contribution in [0.5, 0.6) is 0 Å². The van der Waals surface area contributed by atoms with Gasteiger partial charge in [0, 0.05) is 11.7 Å². The van der Waals surface area contributed by atoms with Gasteiger partial charge in [0.2, 0.25) is 0 Å². The largest absolute Gasteiger partial charge is 0.478 e. The van der Waals surface area contributed by atoms with Crippen molar-refractivity contribution in [2.45, 2.75) is 25.3 Å². The lowest BCUT2D eigenvalue weighted by Gasteiger charge is -2.14. The zero-order chi connectivity index (χ0) is 11.1. The maximum absolute atomic E-state index is 10.6. The number of hydrogen-bond acceptors (Lipinski definition) is 4. The highest BCUT2D eigenvalue weighted by molar-refractivity contribution is 5.89. The standard InChI is InChI=1S/C10H13N3O2/c1-10(2-3-10)13-8-7(11)4-6(5-12-8)9(14)15/h4-5H,2-3,11H2,1H3,(H,12,13)(H,14,15). The molecule has 5 heteroatoms. The minimum absolute atomic E-state index is 0.0891. The van der Waals surface area contributed by atoms with E-state index in [1.807, 2.05) is 0 Å². The molecule has 0 radical (unpaired) electrons. The molecule has 80 valence electrons. The van der Waals surface area contributed by atoms with Crippen LogP contribution in [0, 0.1) is 0 Å². The van der Waals surface area contributed by atoms with Gasteiger partial charge in [0.25, 0.3) is 0 Å². The van der Waals surface area contributed by atoms with Gasteiger partial charge in [-0.05, 0) is 25.8 Å². The van der Waals surface area contributed by atoms with Crippen LogP contribution in [0.4, 0.5) is 11.5 Å². The second-order valence-corrected chi connectivity index (χ2v) is 4.15. The van der Waals surface area contributed by atoms with E-state index in [1.165, 1.54) is 12.3 Å². The predicted octanol–water partition coefficient (Wildman–Crippen LogP) is 1.33. The van der Waals surface area contributed by atoms with E-state index in [-0.39, 0.29) is 11.1 Å². The quantitative estimate of drug-likeness (QED) is 0.695. The predicted molar refractivity (Wildman–Crippen MR) is 56.9 cm³/mol. The third-order valence-electron chi connectivity index (χ3n) is 2.58. The molecule has 1 aliphatic carbocycles. The second-order valence-electron chi connectivity index (χ2n) is 4.15. The van der Waals surface area contributed by atoms with Crippen LogP contribution in [-0.2, 0) is 0 Å². The Morgan fingerprint density at radius 1 is 1.67 bits per heavy atom. The van der Waals surface area contributed by atoms with Gasteiger partial charge in [0.1, 0.15) is 5.82 Å². The molecule has 0 atom stereocenters. The van der Waals surface area contributed by atoms with Crippen molar-refractivity contribution < 1.29 is 9.90 Å². The third kappa shape index (κ3) is 2.01. The van der Waals surface area contributed by atoms with Crippen LogP contribution in [0.3, 0.4) is 0 Å². The first-order valence-corrected chi connectivity index (χ1v) is 4.77. The molecule has 1 aromatic rings. The average Bonchev–Trinajstić information content (AvgIpc) is 2.87. The van der Waals surface area contributed by atoms with Crippen molar-refractivity contribution in [3.05, 3.63) is 17.8 Å². The summed E-state index contributed by atoms with van der Waals surface area (Å²) in [6.45, 7) is 2.08. The van der Waals surface area contributed by atoms with Gasteiger partial charge in [0.05, 0.1) is 11.3 Å². The summed E-state index contributed by atoms with van der Waals surface area (Å²) in [5.74, 6) is -0.446. The minimum atomic E-state index is -1.02. The SMILES string of the molecule is CC1(Nc2ncc(C(=O)O)cc2N)CC1. The number of carboxylic acid groups (broad SMARTS) is 1. The summed E-state index contributed by atoms with van der Waals surface area (Å²) in [6, 6.07) is 1.42. The van der Waals surface area contributed by atoms with Crippen LogP contribution in [0.2, 0.25) is 0 Å². The number of rotatable bonds is 3. The van der Waals surface area contributed by atoms with E-state index in [0.717, 1.165) is 12.8 Å². The monoisotopic (exact) mass is 207 g/mol. The number of nitrogens with zero attached hydrogens (tertiary/aromatic N) is 1. The molecule has 1 heterocycles. The molecule has 0 aliphatic heterocycles. The number of nitrogen functional groups attached to an aromatic ring is 1. The maximum atomic E-state index is 10.6. The normalized spacial score (nSPS) is 17.1. The molecule has 4 N–H and O–H groups in total. The van der Waals surface area contributed by atoms with Gasteiger partial charge in [-0.3, -0.25) is 0 Å². The fourth-order valence-corrected chi connectivity index (χ4v) is 1.30. The summed E-state index contributed by atoms with van der Waals surface area (Å²) in [4.78, 5) is 14.7. The average molecular weight is 207 g/mol. The third-order valence-corrected chi connectivity index (χ3v) is 2.58. The van der Waals surface area contributed by atoms with Crippen molar-refractivity contribution in [2.24, 2.45) is 0 Å². The van der Waals surface area contributed by atoms with Crippen LogP contribution in [0.15, 0.2) is 12.3 Å². The number of aromatic carboxylic acids is 1. The lowest BCUT2D eigenvalue weighted by molar-refractivity contribution is 0.0696. The molecule has 1 aliphatic rings. The summed E-state index contributed by atoms with van der Waals surface area (Å²) in [5.41, 5.74) is 6.28. The van der Waals surface area contributed by atoms with Crippen LogP contribution >= 0.6 is 0 Å². The number of aromatic nitrogens is 1. The molecule has 1 fully saturated rings. The highest BCUT2D eigenvalue weighted by atomic mass is 16.4. The van der Waals surface area contributed by atoms with E-state index in [4.69, 9.17) is 10.8 Å². The summed E-state index contributed by atoms with van der Waals surface area (Å²) < 4.78 is 0. The van der Waals surface area contributed by atoms with Gasteiger partial charge in [-0.15, -0.1) is 0 Å². The highest BCUT2D eigenvalue weighted by Gasteiger charge is 2.37. The molecule has 0 aromatic carbocycles. The number of pyridine rings is 1. The zero-order valence-electron chi connectivity index (χ0n) is 8.45. The van der Waals surface area contributed by atoms with Gasteiger partial charge in [-0.25, -0.2) is 9.78 Å². The summed E-state index contributed by atoms with van der Waals surface area (Å²) >= 11 is 0. The zero-order valence-corrected chi connectivity index (χ0v) is 8.45. The van der Waals surface area contributed by atoms with E-state index >= 15 is 0 Å². The fraction of sp³-hybridized carbons (Fsp3) is 0.400. The van der Waals surface area contributed by atoms with E-state index in [2.05, 4.69) is 17.2 Å². The molecule has 5 nitrogen and oxygen atoms in total. The van der Waals surface area contributed by atoms with Crippen molar-refractivity contribution in [3.63, 3.8) is 0 Å². The number of nitrogens with two attached hydrogens (primary N) is 1. The Kier molecular flexibility index (Phi) is 2.03. The smallest absolute Gasteiger partial charge is 0.337 e. The van der Waals surface area contributed by atoms with Gasteiger partial charge in [0.15, 0.2) is 0 Å². The fourth-order valence-electron chi connectivity index (χ4n) is 1.30. The second kappa shape index (κ2) is 3.12. The lowest BCUT2D eigenvalue weighted by atomic mass is 10.2. The van der Waals surface area contributed by atoms with Crippen LogP contribution in [-0.4, -0.2) is 21.6 Å². The van der Waals surface area contributed by atoms with Gasteiger partial charge >= 0.3 is 5.97 Å². The number of carbonyl (C=O) groups is 1. The Labute approximate surface area is 87.3 Å². The molecule has 0 saturated heterocycles. The van der Waals surface area contributed by atoms with Gasteiger partial charge in [-0.2, -0.15) is 0 Å². The first-order valence-electron chi connectivity index (χ1n) is 4.77. The molecule has 2 rings (SSSR count). The molecule has 0 amide bonds. The molecule has 0 unspecified atom stereocenters. The number of anilines is 2. The molecule has 15 heavy (non-hydrogen) atoms. The molecular formula is C10H13N3O2. The Bertz CT molecular complexity index is 413. The molecule has 1 saturated carbocycles. The summed E-state index contributed by atoms with van der Waals surface area (Å²) in [7, 11) is 0. The van der Waals surface area contributed by atoms with Crippen molar-refractivity contribution in [3.8, 4) is 0 Å². The molecule has 0 spiro atoms. The van der Waals surface area contributed by atoms with Crippen LogP contribution in [0.25, 0.3) is 0 Å². The molecule has 1 aromatic heterocycles. The minimum Gasteiger partial charge on any atom is -0.478 e. The molecular weight excluding hydrogens is 194 g/mol. The number of nitrogens with one attached hydrogen (secondary N) is 1. The maximum Gasteiger partial charge on any atom is 0.337 e. The van der Waals surface area contributed by atoms with E-state index in [0.29, 0.717) is 11.5 Å². The summed E-state index contributed by atoms with van der Waals surface area (Å²) in [6.07, 6.45) is 3.50. The van der Waals surface area contributed by atoms with Crippen molar-refractivity contribution in [1.82, 2.24) is 4.98 Å². The first kappa shape index (κ1) is 9.76. The Morgan fingerprint density at radius 2 is 2.33 bits per heavy atom. The highest BCUT2D eigenvalue weighted by Crippen LogP contribution is 2.38. The van der Waals surface area contributed by atoms with Crippen molar-refractivity contribution in [1.29, 1.82) is 0 Å². The Balaban J connectivity index is 2.22. The number of carboxylic acids is 1. The van der Waals surface area contributed by atoms with Gasteiger partial charge < -0.3 is 16.2 Å². The lowest BCUT2D eigenvalue weighted by Crippen LogP contribution is -2.18. The first-order chi connectivity index (χ1) is 7.00. The van der Waals surface area contributed by atoms with Crippen molar-refractivity contribution in [2.75, 3.05) is 11.1 Å². The van der Waals surface area contributed by atoms with E-state index < -0.39 is 5.97 Å². The Morgan fingerprint density at radius 3 is 2.80 bits per heavy atom. The van der Waals surface area contributed by atoms with Crippen LogP contribution < -0.4 is 11.1 Å². The van der Waals surface area contributed by atoms with Crippen LogP contribution in [0.1, 0.15) is 30.1 Å². The van der Waals surface area contributed by atoms with Crippen molar-refractivity contribution >= 4 is 17.5 Å². The summed E-state index contributed by atoms with van der Waals surface area (Å²) in [5, 5.41) is 11.9. The number of hydrogen-bond donors (Lipinski definition) is 3. The topological polar surface area (TPSA) is 88.2 Å². The van der Waals surface area contributed by atoms with E-state index in [1.54, 1.807) is 0 Å². The Hall–Kier alpha value is -1.78. The van der Waals surface area contributed by atoms with Gasteiger partial charge in [-0.1, -0.05) is 0 Å².